The van der Waals surface area contributed by atoms with Crippen LogP contribution in [0.3, 0.4) is 0 Å². The number of halogens is 1. The number of methoxy groups -OCH3 is 1. The van der Waals surface area contributed by atoms with E-state index in [2.05, 4.69) is 55.4 Å². The highest BCUT2D eigenvalue weighted by Gasteiger charge is 2.27. The Hall–Kier alpha value is 0.400. The molecule has 3 heteroatoms. The lowest BCUT2D eigenvalue weighted by molar-refractivity contribution is 0.0832. The summed E-state index contributed by atoms with van der Waals surface area (Å²) in [6, 6.07) is 0.684. The van der Waals surface area contributed by atoms with Crippen LogP contribution in [-0.4, -0.2) is 43.1 Å². The van der Waals surface area contributed by atoms with Crippen molar-refractivity contribution in [3.05, 3.63) is 0 Å². The van der Waals surface area contributed by atoms with Crippen LogP contribution in [0.15, 0.2) is 0 Å². The molecule has 0 bridgehead atoms. The summed E-state index contributed by atoms with van der Waals surface area (Å²) in [5, 5.41) is 1.07. The molecule has 0 saturated carbocycles. The Kier molecular flexibility index (Phi) is 9.53. The predicted octanol–water partition coefficient (Wildman–Crippen LogP) is 4.18. The lowest BCUT2D eigenvalue weighted by Crippen LogP contribution is -2.43. The van der Waals surface area contributed by atoms with Gasteiger partial charge in [0.25, 0.3) is 0 Å². The minimum absolute atomic E-state index is 0.348. The highest BCUT2D eigenvalue weighted by molar-refractivity contribution is 9.09. The van der Waals surface area contributed by atoms with Gasteiger partial charge >= 0.3 is 0 Å². The first kappa shape index (κ1) is 18.4. The minimum atomic E-state index is 0.348. The average Bonchev–Trinajstić information content (AvgIpc) is 2.31. The van der Waals surface area contributed by atoms with Crippen molar-refractivity contribution in [3.63, 3.8) is 0 Å². The molecule has 0 aliphatic rings. The largest absolute Gasteiger partial charge is 0.383 e. The van der Waals surface area contributed by atoms with Gasteiger partial charge in [0.1, 0.15) is 0 Å². The van der Waals surface area contributed by atoms with Crippen molar-refractivity contribution in [1.29, 1.82) is 0 Å². The lowest BCUT2D eigenvalue weighted by atomic mass is 9.81. The molecule has 0 heterocycles. The second kappa shape index (κ2) is 9.33. The molecule has 0 aromatic carbocycles. The topological polar surface area (TPSA) is 12.5 Å². The molecular formula is C15H32BrNO. The first-order valence-electron chi connectivity index (χ1n) is 7.19. The standard InChI is InChI=1S/C15H32BrNO/c1-7-14(8-2)17(9-10-18-6)12-13(11-16)15(3,4)5/h13-14H,7-12H2,1-6H3. The lowest BCUT2D eigenvalue weighted by Gasteiger charge is -2.38. The van der Waals surface area contributed by atoms with E-state index in [4.69, 9.17) is 4.74 Å². The molecule has 0 fully saturated rings. The van der Waals surface area contributed by atoms with Crippen molar-refractivity contribution in [2.75, 3.05) is 32.1 Å². The third-order valence-electron chi connectivity index (χ3n) is 3.91. The van der Waals surface area contributed by atoms with E-state index in [0.29, 0.717) is 17.4 Å². The zero-order chi connectivity index (χ0) is 14.2. The van der Waals surface area contributed by atoms with Gasteiger partial charge in [-0.15, -0.1) is 0 Å². The van der Waals surface area contributed by atoms with Crippen molar-refractivity contribution >= 4 is 15.9 Å². The predicted molar refractivity (Wildman–Crippen MR) is 84.6 cm³/mol. The molecule has 0 N–H and O–H groups in total. The van der Waals surface area contributed by atoms with Gasteiger partial charge in [0.15, 0.2) is 0 Å². The summed E-state index contributed by atoms with van der Waals surface area (Å²) in [4.78, 5) is 2.61. The van der Waals surface area contributed by atoms with Gasteiger partial charge in [-0.2, -0.15) is 0 Å². The third-order valence-corrected chi connectivity index (χ3v) is 4.69. The Labute approximate surface area is 123 Å². The van der Waals surface area contributed by atoms with Crippen LogP contribution < -0.4 is 0 Å². The van der Waals surface area contributed by atoms with Crippen molar-refractivity contribution in [3.8, 4) is 0 Å². The quantitative estimate of drug-likeness (QED) is 0.591. The van der Waals surface area contributed by atoms with Gasteiger partial charge in [-0.1, -0.05) is 50.5 Å². The molecule has 0 rings (SSSR count). The minimum Gasteiger partial charge on any atom is -0.383 e. The van der Waals surface area contributed by atoms with Crippen LogP contribution in [0.25, 0.3) is 0 Å². The van der Waals surface area contributed by atoms with E-state index in [1.165, 1.54) is 12.8 Å². The zero-order valence-electron chi connectivity index (χ0n) is 13.1. The third kappa shape index (κ3) is 6.53. The Bertz CT molecular complexity index is 199. The maximum Gasteiger partial charge on any atom is 0.0589 e. The van der Waals surface area contributed by atoms with Crippen LogP contribution in [0.1, 0.15) is 47.5 Å². The van der Waals surface area contributed by atoms with Crippen LogP contribution in [0.4, 0.5) is 0 Å². The highest BCUT2D eigenvalue weighted by Crippen LogP contribution is 2.29. The molecule has 18 heavy (non-hydrogen) atoms. The summed E-state index contributed by atoms with van der Waals surface area (Å²) in [5.74, 6) is 0.676. The summed E-state index contributed by atoms with van der Waals surface area (Å²) in [5.41, 5.74) is 0.348. The summed E-state index contributed by atoms with van der Waals surface area (Å²) in [6.45, 7) is 14.6. The molecule has 0 aromatic rings. The molecule has 0 amide bonds. The zero-order valence-corrected chi connectivity index (χ0v) is 14.7. The van der Waals surface area contributed by atoms with Crippen LogP contribution >= 0.6 is 15.9 Å². The fraction of sp³-hybridized carbons (Fsp3) is 1.00. The fourth-order valence-corrected chi connectivity index (χ4v) is 3.45. The number of hydrogen-bond donors (Lipinski definition) is 0. The Morgan fingerprint density at radius 2 is 1.72 bits per heavy atom. The Balaban J connectivity index is 4.64. The van der Waals surface area contributed by atoms with Crippen LogP contribution in [0, 0.1) is 11.3 Å². The molecule has 0 aromatic heterocycles. The number of hydrogen-bond acceptors (Lipinski definition) is 2. The van der Waals surface area contributed by atoms with Crippen molar-refractivity contribution < 1.29 is 4.74 Å². The molecule has 2 nitrogen and oxygen atoms in total. The van der Waals surface area contributed by atoms with Gasteiger partial charge in [0.2, 0.25) is 0 Å². The normalized spacial score (nSPS) is 14.5. The SMILES string of the molecule is CCC(CC)N(CCOC)CC(CBr)C(C)(C)C. The van der Waals surface area contributed by atoms with Crippen molar-refractivity contribution in [1.82, 2.24) is 4.90 Å². The molecule has 0 radical (unpaired) electrons. The Morgan fingerprint density at radius 3 is 2.06 bits per heavy atom. The smallest absolute Gasteiger partial charge is 0.0589 e. The molecule has 0 spiro atoms. The van der Waals surface area contributed by atoms with Gasteiger partial charge in [-0.3, -0.25) is 4.90 Å². The molecule has 1 atom stereocenters. The number of nitrogens with zero attached hydrogens (tertiary/aromatic N) is 1. The van der Waals surface area contributed by atoms with Crippen LogP contribution in [0.2, 0.25) is 0 Å². The van der Waals surface area contributed by atoms with E-state index >= 15 is 0 Å². The van der Waals surface area contributed by atoms with Gasteiger partial charge in [0.05, 0.1) is 6.61 Å². The van der Waals surface area contributed by atoms with E-state index in [1.54, 1.807) is 7.11 Å². The summed E-state index contributed by atoms with van der Waals surface area (Å²) in [6.07, 6.45) is 2.44. The molecule has 0 aliphatic carbocycles. The van der Waals surface area contributed by atoms with Crippen molar-refractivity contribution in [2.45, 2.75) is 53.5 Å². The number of ether oxygens (including phenoxy) is 1. The maximum absolute atomic E-state index is 5.26. The molecule has 0 aliphatic heterocycles. The van der Waals surface area contributed by atoms with Crippen molar-refractivity contribution in [2.24, 2.45) is 11.3 Å². The second-order valence-electron chi connectivity index (χ2n) is 6.18. The van der Waals surface area contributed by atoms with Gasteiger partial charge < -0.3 is 4.74 Å². The summed E-state index contributed by atoms with van der Waals surface area (Å²) < 4.78 is 5.26. The van der Waals surface area contributed by atoms with E-state index in [0.717, 1.165) is 25.0 Å². The monoisotopic (exact) mass is 321 g/mol. The fourth-order valence-electron chi connectivity index (χ4n) is 2.27. The highest BCUT2D eigenvalue weighted by atomic mass is 79.9. The average molecular weight is 322 g/mol. The van der Waals surface area contributed by atoms with E-state index in [9.17, 15) is 0 Å². The number of rotatable bonds is 9. The Morgan fingerprint density at radius 1 is 1.17 bits per heavy atom. The van der Waals surface area contributed by atoms with Crippen LogP contribution in [-0.2, 0) is 4.74 Å². The van der Waals surface area contributed by atoms with Crippen LogP contribution in [0.5, 0.6) is 0 Å². The summed E-state index contributed by atoms with van der Waals surface area (Å²) >= 11 is 3.68. The number of alkyl halides is 1. The molecule has 1 unspecified atom stereocenters. The molecule has 110 valence electrons. The first-order chi connectivity index (χ1) is 8.40. The van der Waals surface area contributed by atoms with E-state index in [1.807, 2.05) is 0 Å². The van der Waals surface area contributed by atoms with Gasteiger partial charge in [0, 0.05) is 31.6 Å². The summed E-state index contributed by atoms with van der Waals surface area (Å²) in [7, 11) is 1.79. The first-order valence-corrected chi connectivity index (χ1v) is 8.31. The molecule has 0 saturated heterocycles. The van der Waals surface area contributed by atoms with Gasteiger partial charge in [-0.05, 0) is 24.2 Å². The van der Waals surface area contributed by atoms with E-state index < -0.39 is 0 Å². The maximum atomic E-state index is 5.26. The molecular weight excluding hydrogens is 290 g/mol. The second-order valence-corrected chi connectivity index (χ2v) is 6.82. The van der Waals surface area contributed by atoms with E-state index in [-0.39, 0.29) is 0 Å². The van der Waals surface area contributed by atoms with Gasteiger partial charge in [-0.25, -0.2) is 0 Å².